The Kier molecular flexibility index (Phi) is 11.3. The van der Waals surface area contributed by atoms with Crippen LogP contribution in [-0.2, 0) is 25.5 Å². The van der Waals surface area contributed by atoms with Gasteiger partial charge >= 0.3 is 6.09 Å². The van der Waals surface area contributed by atoms with Crippen LogP contribution in [0.3, 0.4) is 0 Å². The van der Waals surface area contributed by atoms with Gasteiger partial charge in [0.15, 0.2) is 12.0 Å². The Morgan fingerprint density at radius 1 is 0.800 bits per heavy atom. The largest absolute Gasteiger partial charge is 0.453 e. The number of carbonyl (C=O) groups is 4. The Balaban J connectivity index is 1.04. The van der Waals surface area contributed by atoms with Crippen molar-refractivity contribution in [1.29, 1.82) is 0 Å². The van der Waals surface area contributed by atoms with Crippen molar-refractivity contribution in [2.24, 2.45) is 16.8 Å². The second-order valence-electron chi connectivity index (χ2n) is 16.4. The molecule has 0 radical (unpaired) electrons. The molecule has 16 nitrogen and oxygen atoms in total. The molecule has 0 unspecified atom stereocenters. The number of likely N-dealkylation sites (tertiary alicyclic amines) is 2. The molecule has 4 N–H and O–H groups in total. The molecule has 2 fully saturated rings. The third kappa shape index (κ3) is 7.43. The van der Waals surface area contributed by atoms with Crippen molar-refractivity contribution in [1.82, 2.24) is 45.4 Å². The summed E-state index contributed by atoms with van der Waals surface area (Å²) in [5.74, 6) is 0.795. The first-order valence-electron chi connectivity index (χ1n) is 20.9. The van der Waals surface area contributed by atoms with Gasteiger partial charge in [-0.2, -0.15) is 0 Å². The highest BCUT2D eigenvalue weighted by Crippen LogP contribution is 2.45. The van der Waals surface area contributed by atoms with Crippen molar-refractivity contribution >= 4 is 46.8 Å². The number of amides is 4. The molecule has 4 amide bonds. The van der Waals surface area contributed by atoms with Gasteiger partial charge in [-0.25, -0.2) is 19.7 Å². The number of aromatic amines is 2. The molecule has 0 bridgehead atoms. The van der Waals surface area contributed by atoms with Gasteiger partial charge in [0, 0.05) is 54.4 Å². The molecule has 6 heterocycles. The van der Waals surface area contributed by atoms with Crippen molar-refractivity contribution in [2.75, 3.05) is 20.2 Å². The van der Waals surface area contributed by atoms with E-state index in [0.717, 1.165) is 70.6 Å². The van der Waals surface area contributed by atoms with E-state index in [1.165, 1.54) is 13.5 Å². The minimum atomic E-state index is -0.715. The van der Waals surface area contributed by atoms with Gasteiger partial charge in [0.2, 0.25) is 17.7 Å². The molecule has 3 aliphatic heterocycles. The van der Waals surface area contributed by atoms with Crippen LogP contribution in [0.15, 0.2) is 52.5 Å². The first-order valence-corrected chi connectivity index (χ1v) is 20.9. The average molecular weight is 817 g/mol. The van der Waals surface area contributed by atoms with Gasteiger partial charge in [-0.05, 0) is 49.1 Å². The quantitative estimate of drug-likeness (QED) is 0.105. The van der Waals surface area contributed by atoms with Crippen LogP contribution in [0.5, 0.6) is 0 Å². The van der Waals surface area contributed by atoms with Crippen LogP contribution in [0, 0.1) is 11.8 Å². The van der Waals surface area contributed by atoms with Gasteiger partial charge in [0.1, 0.15) is 29.2 Å². The molecule has 3 aliphatic rings. The van der Waals surface area contributed by atoms with Crippen molar-refractivity contribution in [3.63, 3.8) is 0 Å². The molecule has 60 heavy (non-hydrogen) atoms. The molecule has 2 aromatic carbocycles. The average Bonchev–Trinajstić information content (AvgIpc) is 4.10. The molecule has 0 aliphatic carbocycles. The molecule has 0 saturated carbocycles. The summed E-state index contributed by atoms with van der Waals surface area (Å²) in [5.41, 5.74) is 8.29. The Bertz CT molecular complexity index is 2460. The van der Waals surface area contributed by atoms with Gasteiger partial charge in [0.05, 0.1) is 48.7 Å². The van der Waals surface area contributed by atoms with Crippen LogP contribution in [0.25, 0.3) is 44.7 Å². The fourth-order valence-electron chi connectivity index (χ4n) is 8.83. The Morgan fingerprint density at radius 3 is 1.97 bits per heavy atom. The fraction of sp³-hybridized carbons (Fsp3) is 0.455. The molecule has 3 aromatic heterocycles. The number of imidazole rings is 2. The van der Waals surface area contributed by atoms with E-state index < -0.39 is 18.2 Å². The van der Waals surface area contributed by atoms with E-state index in [2.05, 4.69) is 31.7 Å². The standard InChI is InChI=1S/C44H52N10O6/c1-7-34(55)51-35(23(2)3)42(56)53-18-8-11-33(53)41-47-21-31(50-41)29-15-14-27(38-39(29)60-22-48-38)26-13-12-25(28-16-17-45-37(26)28)30-20-46-40(49-30)32-10-9-19-54(32)43(57)36(24(4)5)52-44(58)59-6/h12-15,17,20-24,32-33,35-36H,7-11,16,18-19H2,1-6H3,(H,46,49)(H,47,50)(H,51,55)(H,52,58)/t32-,33-,35-,36-/m0/s1. The van der Waals surface area contributed by atoms with Gasteiger partial charge in [0.25, 0.3) is 0 Å². The Morgan fingerprint density at radius 2 is 1.37 bits per heavy atom. The Hall–Kier alpha value is -6.32. The molecular weight excluding hydrogens is 765 g/mol. The number of methoxy groups -OCH3 is 1. The number of hydrogen-bond donors (Lipinski definition) is 4. The van der Waals surface area contributed by atoms with Crippen LogP contribution in [0.4, 0.5) is 10.5 Å². The van der Waals surface area contributed by atoms with Gasteiger partial charge in [-0.15, -0.1) is 0 Å². The normalized spacial score (nSPS) is 18.4. The van der Waals surface area contributed by atoms with E-state index in [1.54, 1.807) is 18.0 Å². The summed E-state index contributed by atoms with van der Waals surface area (Å²) in [6.45, 7) is 10.6. The van der Waals surface area contributed by atoms with Crippen LogP contribution < -0.4 is 10.6 Å². The van der Waals surface area contributed by atoms with E-state index in [0.29, 0.717) is 48.7 Å². The second-order valence-corrected chi connectivity index (χ2v) is 16.4. The summed E-state index contributed by atoms with van der Waals surface area (Å²) < 4.78 is 10.8. The number of hydrogen-bond acceptors (Lipinski definition) is 10. The number of benzene rings is 2. The minimum absolute atomic E-state index is 0.0596. The van der Waals surface area contributed by atoms with E-state index >= 15 is 0 Å². The number of carbonyl (C=O) groups excluding carboxylic acids is 4. The third-order valence-electron chi connectivity index (χ3n) is 12.0. The van der Waals surface area contributed by atoms with Crippen LogP contribution >= 0.6 is 0 Å². The van der Waals surface area contributed by atoms with E-state index in [9.17, 15) is 19.2 Å². The van der Waals surface area contributed by atoms with Crippen LogP contribution in [0.1, 0.15) is 96.0 Å². The van der Waals surface area contributed by atoms with Gasteiger partial charge in [-0.3, -0.25) is 19.4 Å². The molecule has 8 rings (SSSR count). The lowest BCUT2D eigenvalue weighted by Gasteiger charge is -2.30. The number of alkyl carbamates (subject to hydrolysis) is 1. The number of rotatable bonds is 12. The maximum atomic E-state index is 13.8. The molecule has 5 aromatic rings. The molecule has 2 saturated heterocycles. The van der Waals surface area contributed by atoms with Crippen molar-refractivity contribution < 1.29 is 28.3 Å². The first kappa shape index (κ1) is 40.5. The SMILES string of the molecule is CCC(=O)N[C@H](C(=O)N1CCC[C@H]1c1ncc(-c2ccc(-c3ccc(-c4cnc([C@@H]5CCCN5C(=O)[C@@H](NC(=O)OC)C(C)C)[nH]4)c4c3N=CC4)c3ncoc23)[nH]1)C(C)C. The van der Waals surface area contributed by atoms with Crippen molar-refractivity contribution in [3.8, 4) is 33.6 Å². The zero-order valence-electron chi connectivity index (χ0n) is 34.9. The number of aromatic nitrogens is 5. The summed E-state index contributed by atoms with van der Waals surface area (Å²) in [6, 6.07) is 6.32. The number of ether oxygens (including phenoxy) is 1. The van der Waals surface area contributed by atoms with Crippen molar-refractivity contribution in [3.05, 3.63) is 60.3 Å². The number of nitrogens with one attached hydrogen (secondary N) is 4. The zero-order valence-corrected chi connectivity index (χ0v) is 34.9. The van der Waals surface area contributed by atoms with Crippen LogP contribution in [-0.4, -0.2) is 97.0 Å². The maximum Gasteiger partial charge on any atom is 0.407 e. The predicted molar refractivity (Wildman–Crippen MR) is 225 cm³/mol. The van der Waals surface area contributed by atoms with Gasteiger partial charge < -0.3 is 39.6 Å². The summed E-state index contributed by atoms with van der Waals surface area (Å²) >= 11 is 0. The second kappa shape index (κ2) is 16.7. The summed E-state index contributed by atoms with van der Waals surface area (Å²) in [7, 11) is 1.29. The fourth-order valence-corrected chi connectivity index (χ4v) is 8.83. The number of fused-ring (bicyclic) bond motifs is 2. The highest BCUT2D eigenvalue weighted by molar-refractivity contribution is 6.03. The predicted octanol–water partition coefficient (Wildman–Crippen LogP) is 6.79. The lowest BCUT2D eigenvalue weighted by Crippen LogP contribution is -2.51. The molecule has 4 atom stereocenters. The third-order valence-corrected chi connectivity index (χ3v) is 12.0. The first-order chi connectivity index (χ1) is 29.0. The highest BCUT2D eigenvalue weighted by atomic mass is 16.5. The summed E-state index contributed by atoms with van der Waals surface area (Å²) in [4.78, 5) is 81.5. The zero-order chi connectivity index (χ0) is 42.2. The number of H-pyrrole nitrogens is 2. The van der Waals surface area contributed by atoms with E-state index in [-0.39, 0.29) is 41.6 Å². The number of aliphatic imine (C=N–C) groups is 1. The van der Waals surface area contributed by atoms with Crippen LogP contribution in [0.2, 0.25) is 0 Å². The van der Waals surface area contributed by atoms with Gasteiger partial charge in [-0.1, -0.05) is 52.8 Å². The minimum Gasteiger partial charge on any atom is -0.453 e. The molecule has 16 heteroatoms. The summed E-state index contributed by atoms with van der Waals surface area (Å²) in [5, 5.41) is 5.63. The lowest BCUT2D eigenvalue weighted by molar-refractivity contribution is -0.138. The molecular formula is C44H52N10O6. The Labute approximate surface area is 348 Å². The van der Waals surface area contributed by atoms with Crippen molar-refractivity contribution in [2.45, 2.75) is 97.3 Å². The maximum absolute atomic E-state index is 13.8. The topological polar surface area (TPSA) is 204 Å². The monoisotopic (exact) mass is 816 g/mol. The number of oxazole rings is 1. The molecule has 0 spiro atoms. The lowest BCUT2D eigenvalue weighted by atomic mass is 9.93. The summed E-state index contributed by atoms with van der Waals surface area (Å²) in [6.07, 6.45) is 10.4. The van der Waals surface area contributed by atoms with E-state index in [1.807, 2.05) is 63.2 Å². The molecule has 314 valence electrons. The van der Waals surface area contributed by atoms with E-state index in [4.69, 9.17) is 24.1 Å². The smallest absolute Gasteiger partial charge is 0.407 e. The number of nitrogens with zero attached hydrogens (tertiary/aromatic N) is 6. The highest BCUT2D eigenvalue weighted by Gasteiger charge is 2.39.